The van der Waals surface area contributed by atoms with Gasteiger partial charge in [-0.1, -0.05) is 0 Å². The molecule has 5 aliphatic rings. The highest BCUT2D eigenvalue weighted by molar-refractivity contribution is 6.30. The lowest BCUT2D eigenvalue weighted by Crippen LogP contribution is -2.70. The van der Waals surface area contributed by atoms with E-state index in [0.29, 0.717) is 32.1 Å². The van der Waals surface area contributed by atoms with Crippen LogP contribution in [-0.2, 0) is 19.2 Å². The molecule has 6 atom stereocenters. The van der Waals surface area contributed by atoms with Crippen LogP contribution in [0.25, 0.3) is 0 Å². The number of ether oxygens (including phenoxy) is 1. The quantitative estimate of drug-likeness (QED) is 0.386. The van der Waals surface area contributed by atoms with E-state index in [0.717, 1.165) is 12.8 Å². The topological polar surface area (TPSA) is 109 Å². The molecule has 12 heteroatoms. The molecule has 188 valence electrons. The summed E-state index contributed by atoms with van der Waals surface area (Å²) in [7, 11) is 0. The molecule has 5 rings (SSSR count). The first kappa shape index (κ1) is 25.3. The average Bonchev–Trinajstić information content (AvgIpc) is 3.27. The van der Waals surface area contributed by atoms with Gasteiger partial charge in [-0.25, -0.2) is 8.78 Å². The molecule has 8 nitrogen and oxygen atoms in total. The van der Waals surface area contributed by atoms with Crippen LogP contribution in [0.5, 0.6) is 0 Å². The van der Waals surface area contributed by atoms with Gasteiger partial charge in [0.2, 0.25) is 5.91 Å². The summed E-state index contributed by atoms with van der Waals surface area (Å²) in [6, 6.07) is -1.17. The van der Waals surface area contributed by atoms with E-state index in [9.17, 15) is 23.5 Å². The van der Waals surface area contributed by atoms with E-state index in [1.54, 1.807) is 0 Å². The fourth-order valence-corrected chi connectivity index (χ4v) is 6.07. The zero-order chi connectivity index (χ0) is 23.8. The number of carbonyl (C=O) groups excluding carboxylic acids is 2. The number of aliphatic hydroxyl groups is 1. The van der Waals surface area contributed by atoms with Crippen LogP contribution in [-0.4, -0.2) is 76.1 Å². The Labute approximate surface area is 201 Å². The minimum absolute atomic E-state index is 0.0816. The molecule has 5 unspecified atom stereocenters. The molecule has 0 aromatic rings. The van der Waals surface area contributed by atoms with E-state index in [2.05, 4.69) is 16.1 Å². The normalized spacial score (nSPS) is 43.0. The Morgan fingerprint density at radius 2 is 1.85 bits per heavy atom. The Balaban J connectivity index is 1.26. The summed E-state index contributed by atoms with van der Waals surface area (Å²) in [6.07, 6.45) is -0.242. The highest BCUT2D eigenvalue weighted by Gasteiger charge is 2.56. The molecule has 33 heavy (non-hydrogen) atoms. The molecular formula is C21H31Cl2F2N3O5. The number of amides is 2. The molecule has 5 fully saturated rings. The first-order valence-corrected chi connectivity index (χ1v) is 12.4. The van der Waals surface area contributed by atoms with E-state index in [4.69, 9.17) is 32.8 Å². The number of aliphatic hydroxyl groups excluding tert-OH is 1. The van der Waals surface area contributed by atoms with Crippen molar-refractivity contribution in [2.45, 2.75) is 110 Å². The Morgan fingerprint density at radius 3 is 2.45 bits per heavy atom. The monoisotopic (exact) mass is 513 g/mol. The number of rotatable bonds is 7. The van der Waals surface area contributed by atoms with E-state index >= 15 is 0 Å². The van der Waals surface area contributed by atoms with Crippen LogP contribution < -0.4 is 16.1 Å². The Bertz CT molecular complexity index is 741. The molecule has 0 spiro atoms. The zero-order valence-electron chi connectivity index (χ0n) is 18.2. The van der Waals surface area contributed by atoms with Crippen LogP contribution in [0.15, 0.2) is 0 Å². The van der Waals surface area contributed by atoms with Gasteiger partial charge in [-0.05, 0) is 51.4 Å². The molecule has 1 saturated heterocycles. The number of nitrogens with one attached hydrogen (secondary N) is 3. The SMILES string of the molecule is O=C(COC1CCC(Cl)C(Cl)C1)NC12CCC(NC(=O)C3CC(C(F)F)NO3)(CC1)C[C@@H]2O. The van der Waals surface area contributed by atoms with Crippen molar-refractivity contribution in [1.29, 1.82) is 0 Å². The molecule has 0 aromatic carbocycles. The molecule has 0 radical (unpaired) electrons. The number of fused-ring (bicyclic) bond motifs is 3. The molecule has 4 saturated carbocycles. The van der Waals surface area contributed by atoms with Gasteiger partial charge in [0.25, 0.3) is 12.3 Å². The summed E-state index contributed by atoms with van der Waals surface area (Å²) in [5.74, 6) is -0.760. The van der Waals surface area contributed by atoms with Crippen molar-refractivity contribution in [2.75, 3.05) is 6.61 Å². The second-order valence-electron chi connectivity index (χ2n) is 9.87. The van der Waals surface area contributed by atoms with E-state index in [-0.39, 0.29) is 42.2 Å². The third kappa shape index (κ3) is 5.56. The molecule has 0 aromatic heterocycles. The highest BCUT2D eigenvalue weighted by Crippen LogP contribution is 2.47. The number of carbonyl (C=O) groups is 2. The van der Waals surface area contributed by atoms with E-state index in [1.807, 2.05) is 0 Å². The molecule has 1 heterocycles. The predicted octanol–water partition coefficient (Wildman–Crippen LogP) is 1.75. The number of alkyl halides is 4. The minimum atomic E-state index is -2.62. The number of hydrogen-bond donors (Lipinski definition) is 4. The smallest absolute Gasteiger partial charge is 0.256 e. The largest absolute Gasteiger partial charge is 0.391 e. The zero-order valence-corrected chi connectivity index (χ0v) is 19.7. The molecule has 1 aliphatic heterocycles. The number of hydroxylamine groups is 1. The second-order valence-corrected chi connectivity index (χ2v) is 11.0. The van der Waals surface area contributed by atoms with Gasteiger partial charge >= 0.3 is 0 Å². The van der Waals surface area contributed by atoms with E-state index in [1.165, 1.54) is 0 Å². The molecule has 4 aliphatic carbocycles. The summed E-state index contributed by atoms with van der Waals surface area (Å²) >= 11 is 12.3. The van der Waals surface area contributed by atoms with Crippen LogP contribution in [0.2, 0.25) is 0 Å². The van der Waals surface area contributed by atoms with Crippen molar-refractivity contribution in [3.8, 4) is 0 Å². The highest BCUT2D eigenvalue weighted by atomic mass is 35.5. The van der Waals surface area contributed by atoms with Crippen molar-refractivity contribution < 1.29 is 33.1 Å². The Kier molecular flexibility index (Phi) is 7.72. The van der Waals surface area contributed by atoms with Crippen molar-refractivity contribution in [3.63, 3.8) is 0 Å². The first-order chi connectivity index (χ1) is 15.6. The summed E-state index contributed by atoms with van der Waals surface area (Å²) in [5.41, 5.74) is 0.808. The van der Waals surface area contributed by atoms with Gasteiger partial charge in [-0.2, -0.15) is 5.48 Å². The van der Waals surface area contributed by atoms with Crippen LogP contribution in [0, 0.1) is 0 Å². The maximum absolute atomic E-state index is 12.8. The van der Waals surface area contributed by atoms with Crippen molar-refractivity contribution in [3.05, 3.63) is 0 Å². The molecule has 4 N–H and O–H groups in total. The van der Waals surface area contributed by atoms with Crippen LogP contribution >= 0.6 is 23.2 Å². The van der Waals surface area contributed by atoms with Gasteiger partial charge in [-0.3, -0.25) is 14.4 Å². The van der Waals surface area contributed by atoms with Gasteiger partial charge in [0.05, 0.1) is 34.5 Å². The van der Waals surface area contributed by atoms with E-state index < -0.39 is 41.7 Å². The second kappa shape index (κ2) is 10.1. The van der Waals surface area contributed by atoms with Crippen LogP contribution in [0.1, 0.15) is 57.8 Å². The van der Waals surface area contributed by atoms with Crippen molar-refractivity contribution >= 4 is 35.0 Å². The predicted molar refractivity (Wildman–Crippen MR) is 116 cm³/mol. The fourth-order valence-electron chi connectivity index (χ4n) is 5.52. The van der Waals surface area contributed by atoms with Crippen LogP contribution in [0.4, 0.5) is 8.78 Å². The molecular weight excluding hydrogens is 483 g/mol. The summed E-state index contributed by atoms with van der Waals surface area (Å²) in [5, 5.41) is 16.5. The third-order valence-electron chi connectivity index (χ3n) is 7.62. The number of hydrogen-bond acceptors (Lipinski definition) is 6. The summed E-state index contributed by atoms with van der Waals surface area (Å²) in [4.78, 5) is 30.2. The minimum Gasteiger partial charge on any atom is -0.391 e. The maximum atomic E-state index is 12.8. The Morgan fingerprint density at radius 1 is 1.12 bits per heavy atom. The fraction of sp³-hybridized carbons (Fsp3) is 0.905. The van der Waals surface area contributed by atoms with Gasteiger partial charge in [0.15, 0.2) is 6.10 Å². The lowest BCUT2D eigenvalue weighted by atomic mass is 9.60. The summed E-state index contributed by atoms with van der Waals surface area (Å²) in [6.45, 7) is -0.116. The first-order valence-electron chi connectivity index (χ1n) is 11.5. The summed E-state index contributed by atoms with van der Waals surface area (Å²) < 4.78 is 31.4. The van der Waals surface area contributed by atoms with Crippen LogP contribution in [0.3, 0.4) is 0 Å². The molecule has 2 bridgehead atoms. The van der Waals surface area contributed by atoms with Crippen molar-refractivity contribution in [1.82, 2.24) is 16.1 Å². The van der Waals surface area contributed by atoms with Gasteiger partial charge < -0.3 is 20.5 Å². The molecule has 2 amide bonds. The maximum Gasteiger partial charge on any atom is 0.256 e. The Hall–Kier alpha value is -0.780. The van der Waals surface area contributed by atoms with Gasteiger partial charge in [0.1, 0.15) is 6.61 Å². The van der Waals surface area contributed by atoms with Gasteiger partial charge in [0, 0.05) is 12.0 Å². The lowest BCUT2D eigenvalue weighted by molar-refractivity contribution is -0.144. The third-order valence-corrected chi connectivity index (χ3v) is 8.75. The lowest BCUT2D eigenvalue weighted by Gasteiger charge is -2.56. The van der Waals surface area contributed by atoms with Crippen molar-refractivity contribution in [2.24, 2.45) is 0 Å². The standard InChI is InChI=1S/C21H31Cl2F2N3O5/c22-12-2-1-11(7-13(12)23)32-10-17(30)26-21-5-3-20(4-6-21,9-16(21)29)27-19(31)15-8-14(18(24)25)28-33-15/h11-16,18,28-29H,1-10H2,(H,26,30)(H,27,31)/t11?,12?,13?,14?,15?,16-,20?,21?/m0/s1. The number of halogens is 4. The average molecular weight is 514 g/mol. The van der Waals surface area contributed by atoms with Gasteiger partial charge in [-0.15, -0.1) is 23.2 Å².